The molecule has 0 radical (unpaired) electrons. The van der Waals surface area contributed by atoms with Gasteiger partial charge in [0, 0.05) is 29.0 Å². The van der Waals surface area contributed by atoms with Crippen molar-refractivity contribution in [2.75, 3.05) is 11.9 Å². The number of benzene rings is 1. The number of halogens is 1. The van der Waals surface area contributed by atoms with Crippen LogP contribution in [0.1, 0.15) is 17.9 Å². The van der Waals surface area contributed by atoms with Crippen LogP contribution in [0.5, 0.6) is 0 Å². The molecule has 3 heteroatoms. The predicted octanol–water partition coefficient (Wildman–Crippen LogP) is 2.55. The van der Waals surface area contributed by atoms with E-state index in [0.29, 0.717) is 12.3 Å². The number of carbonyl (C=O) groups is 1. The SMILES string of the molecule is O=CCC1CNc2cccc(Br)c21. The first-order chi connectivity index (χ1) is 6.33. The second-order valence-corrected chi connectivity index (χ2v) is 4.04. The van der Waals surface area contributed by atoms with Crippen LogP contribution < -0.4 is 5.32 Å². The van der Waals surface area contributed by atoms with Crippen LogP contribution in [0.3, 0.4) is 0 Å². The van der Waals surface area contributed by atoms with E-state index in [4.69, 9.17) is 0 Å². The maximum atomic E-state index is 10.4. The Morgan fingerprint density at radius 3 is 3.23 bits per heavy atom. The summed E-state index contributed by atoms with van der Waals surface area (Å²) in [5, 5.41) is 3.29. The standard InChI is InChI=1S/C10H10BrNO/c11-8-2-1-3-9-10(8)7(4-5-13)6-12-9/h1-3,5,7,12H,4,6H2. The number of aldehydes is 1. The number of hydrogen-bond acceptors (Lipinski definition) is 2. The zero-order valence-corrected chi connectivity index (χ0v) is 8.67. The Hall–Kier alpha value is -0.830. The molecule has 1 unspecified atom stereocenters. The average Bonchev–Trinajstić information content (AvgIpc) is 2.51. The van der Waals surface area contributed by atoms with E-state index in [-0.39, 0.29) is 0 Å². The smallest absolute Gasteiger partial charge is 0.120 e. The van der Waals surface area contributed by atoms with Gasteiger partial charge in [-0.2, -0.15) is 0 Å². The van der Waals surface area contributed by atoms with Crippen LogP contribution in [-0.2, 0) is 4.79 Å². The van der Waals surface area contributed by atoms with Gasteiger partial charge in [-0.05, 0) is 17.7 Å². The zero-order chi connectivity index (χ0) is 9.26. The quantitative estimate of drug-likeness (QED) is 0.805. The van der Waals surface area contributed by atoms with E-state index >= 15 is 0 Å². The summed E-state index contributed by atoms with van der Waals surface area (Å²) in [6.45, 7) is 0.872. The molecule has 0 spiro atoms. The van der Waals surface area contributed by atoms with Gasteiger partial charge in [-0.1, -0.05) is 22.0 Å². The summed E-state index contributed by atoms with van der Waals surface area (Å²) < 4.78 is 1.10. The van der Waals surface area contributed by atoms with Gasteiger partial charge in [-0.25, -0.2) is 0 Å². The largest absolute Gasteiger partial charge is 0.384 e. The van der Waals surface area contributed by atoms with Crippen molar-refractivity contribution in [1.82, 2.24) is 0 Å². The third-order valence-corrected chi connectivity index (χ3v) is 3.07. The molecular formula is C10H10BrNO. The fraction of sp³-hybridized carbons (Fsp3) is 0.300. The minimum Gasteiger partial charge on any atom is -0.384 e. The predicted molar refractivity (Wildman–Crippen MR) is 56.1 cm³/mol. The molecule has 2 rings (SSSR count). The summed E-state index contributed by atoms with van der Waals surface area (Å²) in [5.74, 6) is 0.336. The zero-order valence-electron chi connectivity index (χ0n) is 7.09. The van der Waals surface area contributed by atoms with Crippen molar-refractivity contribution in [1.29, 1.82) is 0 Å². The Balaban J connectivity index is 2.39. The highest BCUT2D eigenvalue weighted by molar-refractivity contribution is 9.10. The molecule has 0 aromatic heterocycles. The molecule has 0 fully saturated rings. The van der Waals surface area contributed by atoms with Crippen LogP contribution >= 0.6 is 15.9 Å². The highest BCUT2D eigenvalue weighted by Gasteiger charge is 2.23. The number of carbonyl (C=O) groups excluding carboxylic acids is 1. The normalized spacial score (nSPS) is 19.3. The maximum absolute atomic E-state index is 10.4. The van der Waals surface area contributed by atoms with Crippen LogP contribution in [0.25, 0.3) is 0 Å². The number of nitrogens with one attached hydrogen (secondary N) is 1. The second kappa shape index (κ2) is 3.50. The average molecular weight is 240 g/mol. The van der Waals surface area contributed by atoms with E-state index in [1.165, 1.54) is 5.56 Å². The lowest BCUT2D eigenvalue weighted by Gasteiger charge is -2.07. The van der Waals surface area contributed by atoms with Crippen molar-refractivity contribution in [3.8, 4) is 0 Å². The second-order valence-electron chi connectivity index (χ2n) is 3.18. The van der Waals surface area contributed by atoms with Crippen LogP contribution in [0.2, 0.25) is 0 Å². The van der Waals surface area contributed by atoms with Gasteiger partial charge in [-0.15, -0.1) is 0 Å². The van der Waals surface area contributed by atoms with Gasteiger partial charge >= 0.3 is 0 Å². The molecule has 0 bridgehead atoms. The summed E-state index contributed by atoms with van der Waals surface area (Å²) in [4.78, 5) is 10.4. The Morgan fingerprint density at radius 1 is 1.62 bits per heavy atom. The molecule has 0 amide bonds. The van der Waals surface area contributed by atoms with Crippen LogP contribution in [-0.4, -0.2) is 12.8 Å². The van der Waals surface area contributed by atoms with E-state index in [1.807, 2.05) is 18.2 Å². The van der Waals surface area contributed by atoms with E-state index < -0.39 is 0 Å². The molecule has 0 saturated carbocycles. The molecule has 1 aliphatic rings. The minimum absolute atomic E-state index is 0.336. The Morgan fingerprint density at radius 2 is 2.46 bits per heavy atom. The number of anilines is 1. The monoisotopic (exact) mass is 239 g/mol. The van der Waals surface area contributed by atoms with Crippen molar-refractivity contribution in [2.24, 2.45) is 0 Å². The number of hydrogen-bond donors (Lipinski definition) is 1. The first kappa shape index (κ1) is 8.75. The first-order valence-corrected chi connectivity index (χ1v) is 5.08. The van der Waals surface area contributed by atoms with Gasteiger partial charge in [0.25, 0.3) is 0 Å². The van der Waals surface area contributed by atoms with Crippen LogP contribution in [0, 0.1) is 0 Å². The Kier molecular flexibility index (Phi) is 2.36. The van der Waals surface area contributed by atoms with E-state index in [9.17, 15) is 4.79 Å². The van der Waals surface area contributed by atoms with Crippen molar-refractivity contribution in [2.45, 2.75) is 12.3 Å². The fourth-order valence-electron chi connectivity index (χ4n) is 1.76. The molecule has 1 N–H and O–H groups in total. The lowest BCUT2D eigenvalue weighted by molar-refractivity contribution is -0.108. The summed E-state index contributed by atoms with van der Waals surface area (Å²) in [5.41, 5.74) is 2.40. The summed E-state index contributed by atoms with van der Waals surface area (Å²) in [6, 6.07) is 6.06. The third kappa shape index (κ3) is 1.48. The molecule has 2 nitrogen and oxygen atoms in total. The molecule has 1 aromatic carbocycles. The van der Waals surface area contributed by atoms with Crippen LogP contribution in [0.4, 0.5) is 5.69 Å². The highest BCUT2D eigenvalue weighted by atomic mass is 79.9. The van der Waals surface area contributed by atoms with Gasteiger partial charge in [-0.3, -0.25) is 0 Å². The Labute approximate surface area is 85.5 Å². The lowest BCUT2D eigenvalue weighted by atomic mass is 9.99. The lowest BCUT2D eigenvalue weighted by Crippen LogP contribution is -2.02. The van der Waals surface area contributed by atoms with Crippen molar-refractivity contribution >= 4 is 27.9 Å². The fourth-order valence-corrected chi connectivity index (χ4v) is 2.45. The van der Waals surface area contributed by atoms with Crippen molar-refractivity contribution < 1.29 is 4.79 Å². The molecule has 68 valence electrons. The molecule has 13 heavy (non-hydrogen) atoms. The molecule has 1 aromatic rings. The molecule has 0 saturated heterocycles. The van der Waals surface area contributed by atoms with E-state index in [0.717, 1.165) is 23.0 Å². The maximum Gasteiger partial charge on any atom is 0.120 e. The van der Waals surface area contributed by atoms with Crippen molar-refractivity contribution in [3.63, 3.8) is 0 Å². The summed E-state index contributed by atoms with van der Waals surface area (Å²) >= 11 is 3.50. The van der Waals surface area contributed by atoms with Gasteiger partial charge in [0.05, 0.1) is 0 Å². The highest BCUT2D eigenvalue weighted by Crippen LogP contribution is 2.38. The molecule has 1 aliphatic heterocycles. The van der Waals surface area contributed by atoms with Crippen molar-refractivity contribution in [3.05, 3.63) is 28.2 Å². The molecule has 1 atom stereocenters. The van der Waals surface area contributed by atoms with Gasteiger partial charge in [0.1, 0.15) is 6.29 Å². The molecule has 1 heterocycles. The van der Waals surface area contributed by atoms with Gasteiger partial charge in [0.2, 0.25) is 0 Å². The Bertz CT molecular complexity index is 338. The number of fused-ring (bicyclic) bond motifs is 1. The topological polar surface area (TPSA) is 29.1 Å². The molecular weight excluding hydrogens is 230 g/mol. The summed E-state index contributed by atoms with van der Waals surface area (Å²) in [7, 11) is 0. The van der Waals surface area contributed by atoms with Crippen LogP contribution in [0.15, 0.2) is 22.7 Å². The molecule has 0 aliphatic carbocycles. The van der Waals surface area contributed by atoms with Gasteiger partial charge in [0.15, 0.2) is 0 Å². The summed E-state index contributed by atoms with van der Waals surface area (Å²) in [6.07, 6.45) is 1.59. The number of rotatable bonds is 2. The van der Waals surface area contributed by atoms with Gasteiger partial charge < -0.3 is 10.1 Å². The minimum atomic E-state index is 0.336. The first-order valence-electron chi connectivity index (χ1n) is 4.29. The van der Waals surface area contributed by atoms with E-state index in [1.54, 1.807) is 0 Å². The third-order valence-electron chi connectivity index (χ3n) is 2.38. The van der Waals surface area contributed by atoms with E-state index in [2.05, 4.69) is 21.2 Å².